The van der Waals surface area contributed by atoms with Crippen LogP contribution in [0.15, 0.2) is 42.6 Å². The molecule has 0 radical (unpaired) electrons. The number of rotatable bonds is 2. The number of hydrogen-bond acceptors (Lipinski definition) is 4. The summed E-state index contributed by atoms with van der Waals surface area (Å²) in [5.74, 6) is -0.0470. The zero-order valence-corrected chi connectivity index (χ0v) is 21.6. The van der Waals surface area contributed by atoms with Crippen LogP contribution in [0.3, 0.4) is 0 Å². The standard InChI is InChI=1S/C26H28Cl2N4O3/c1-25(2,3)35-24(34)30-11-8-26(9-12-30)15-31(16-26)23(33)21-13-17-5-4-10-29-22(17)32(21)18-6-7-19(27)20(28)14-18/h4-7,10,13-14H,8-9,11-12,15-16H2,1-3H3. The number of piperidine rings is 1. The first-order valence-corrected chi connectivity index (χ1v) is 12.5. The van der Waals surface area contributed by atoms with Crippen molar-refractivity contribution in [2.45, 2.75) is 39.2 Å². The van der Waals surface area contributed by atoms with Crippen LogP contribution in [0.4, 0.5) is 4.79 Å². The number of likely N-dealkylation sites (tertiary alicyclic amines) is 2. The highest BCUT2D eigenvalue weighted by Crippen LogP contribution is 2.42. The van der Waals surface area contributed by atoms with Crippen LogP contribution in [0.25, 0.3) is 16.7 Å². The van der Waals surface area contributed by atoms with Gasteiger partial charge in [0.15, 0.2) is 0 Å². The third-order valence-electron chi connectivity index (χ3n) is 6.76. The maximum atomic E-state index is 13.6. The summed E-state index contributed by atoms with van der Waals surface area (Å²) in [4.78, 5) is 34.2. The molecule has 0 N–H and O–H groups in total. The fourth-order valence-electron chi connectivity index (χ4n) is 4.95. The lowest BCUT2D eigenvalue weighted by molar-refractivity contribution is -0.0397. The number of hydrogen-bond donors (Lipinski definition) is 0. The minimum absolute atomic E-state index is 0.0470. The molecule has 0 saturated carbocycles. The molecule has 35 heavy (non-hydrogen) atoms. The molecule has 2 amide bonds. The number of carbonyl (C=O) groups is 2. The van der Waals surface area contributed by atoms with Gasteiger partial charge in [-0.1, -0.05) is 23.2 Å². The Morgan fingerprint density at radius 2 is 1.71 bits per heavy atom. The molecular weight excluding hydrogens is 487 g/mol. The molecule has 2 fully saturated rings. The predicted molar refractivity (Wildman–Crippen MR) is 136 cm³/mol. The Morgan fingerprint density at radius 1 is 1.00 bits per heavy atom. The lowest BCUT2D eigenvalue weighted by Gasteiger charge is -2.53. The van der Waals surface area contributed by atoms with E-state index in [0.717, 1.165) is 23.9 Å². The first kappa shape index (κ1) is 23.9. The monoisotopic (exact) mass is 514 g/mol. The maximum absolute atomic E-state index is 13.6. The third kappa shape index (κ3) is 4.59. The fourth-order valence-corrected chi connectivity index (χ4v) is 5.25. The molecule has 7 nitrogen and oxygen atoms in total. The van der Waals surface area contributed by atoms with E-state index in [1.54, 1.807) is 23.2 Å². The highest BCUT2D eigenvalue weighted by molar-refractivity contribution is 6.42. The first-order valence-electron chi connectivity index (χ1n) is 11.7. The minimum Gasteiger partial charge on any atom is -0.444 e. The van der Waals surface area contributed by atoms with Crippen molar-refractivity contribution in [2.24, 2.45) is 5.41 Å². The van der Waals surface area contributed by atoms with E-state index < -0.39 is 5.60 Å². The number of benzene rings is 1. The summed E-state index contributed by atoms with van der Waals surface area (Å²) in [6, 6.07) is 11.0. The Labute approximate surface area is 214 Å². The summed E-state index contributed by atoms with van der Waals surface area (Å²) in [6.07, 6.45) is 3.15. The molecule has 2 saturated heterocycles. The van der Waals surface area contributed by atoms with Gasteiger partial charge in [0.2, 0.25) is 0 Å². The van der Waals surface area contributed by atoms with E-state index in [-0.39, 0.29) is 17.4 Å². The number of carbonyl (C=O) groups excluding carboxylic acids is 2. The van der Waals surface area contributed by atoms with Crippen LogP contribution in [-0.2, 0) is 4.74 Å². The average molecular weight is 515 g/mol. The molecule has 0 atom stereocenters. The Balaban J connectivity index is 1.33. The van der Waals surface area contributed by atoms with E-state index in [1.807, 2.05) is 54.5 Å². The first-order chi connectivity index (χ1) is 16.6. The molecule has 4 heterocycles. The normalized spacial score (nSPS) is 17.5. The van der Waals surface area contributed by atoms with Crippen LogP contribution in [-0.4, -0.2) is 63.1 Å². The average Bonchev–Trinajstić information content (AvgIpc) is 3.17. The molecule has 2 aromatic heterocycles. The van der Waals surface area contributed by atoms with Crippen molar-refractivity contribution in [2.75, 3.05) is 26.2 Å². The maximum Gasteiger partial charge on any atom is 0.410 e. The van der Waals surface area contributed by atoms with Crippen molar-refractivity contribution >= 4 is 46.2 Å². The second kappa shape index (κ2) is 8.71. The minimum atomic E-state index is -0.506. The molecule has 184 valence electrons. The molecule has 0 aliphatic carbocycles. The molecular formula is C26H28Cl2N4O3. The van der Waals surface area contributed by atoms with Crippen LogP contribution >= 0.6 is 23.2 Å². The van der Waals surface area contributed by atoms with E-state index in [0.29, 0.717) is 47.6 Å². The van der Waals surface area contributed by atoms with Crippen molar-refractivity contribution in [3.63, 3.8) is 0 Å². The summed E-state index contributed by atoms with van der Waals surface area (Å²) in [5, 5.41) is 1.75. The molecule has 0 unspecified atom stereocenters. The number of aromatic nitrogens is 2. The van der Waals surface area contributed by atoms with Gasteiger partial charge >= 0.3 is 6.09 Å². The number of nitrogens with zero attached hydrogens (tertiary/aromatic N) is 4. The van der Waals surface area contributed by atoms with E-state index in [9.17, 15) is 9.59 Å². The van der Waals surface area contributed by atoms with Crippen LogP contribution in [0.5, 0.6) is 0 Å². The van der Waals surface area contributed by atoms with Crippen molar-refractivity contribution < 1.29 is 14.3 Å². The van der Waals surface area contributed by atoms with Crippen LogP contribution < -0.4 is 0 Å². The summed E-state index contributed by atoms with van der Waals surface area (Å²) in [7, 11) is 0. The lowest BCUT2D eigenvalue weighted by Crippen LogP contribution is -2.62. The summed E-state index contributed by atoms with van der Waals surface area (Å²) in [6.45, 7) is 8.25. The van der Waals surface area contributed by atoms with Gasteiger partial charge in [-0.05, 0) is 70.0 Å². The van der Waals surface area contributed by atoms with E-state index in [1.165, 1.54) is 0 Å². The van der Waals surface area contributed by atoms with Crippen LogP contribution in [0, 0.1) is 5.41 Å². The third-order valence-corrected chi connectivity index (χ3v) is 7.50. The van der Waals surface area contributed by atoms with Gasteiger partial charge < -0.3 is 14.5 Å². The van der Waals surface area contributed by atoms with Crippen molar-refractivity contribution in [1.82, 2.24) is 19.4 Å². The van der Waals surface area contributed by atoms with E-state index in [2.05, 4.69) is 4.98 Å². The van der Waals surface area contributed by atoms with Gasteiger partial charge in [0.05, 0.1) is 10.0 Å². The zero-order valence-electron chi connectivity index (χ0n) is 20.1. The summed E-state index contributed by atoms with van der Waals surface area (Å²) >= 11 is 12.4. The Hall–Kier alpha value is -2.77. The van der Waals surface area contributed by atoms with Gasteiger partial charge in [-0.3, -0.25) is 9.36 Å². The molecule has 3 aromatic rings. The Bertz CT molecular complexity index is 1300. The Kier molecular flexibility index (Phi) is 5.96. The SMILES string of the molecule is CC(C)(C)OC(=O)N1CCC2(CC1)CN(C(=O)c1cc3cccnc3n1-c1ccc(Cl)c(Cl)c1)C2. The summed E-state index contributed by atoms with van der Waals surface area (Å²) < 4.78 is 7.35. The predicted octanol–water partition coefficient (Wildman–Crippen LogP) is 5.81. The van der Waals surface area contributed by atoms with Crippen molar-refractivity contribution in [1.29, 1.82) is 0 Å². The number of amides is 2. The van der Waals surface area contributed by atoms with Gasteiger partial charge in [-0.15, -0.1) is 0 Å². The number of halogens is 2. The highest BCUT2D eigenvalue weighted by Gasteiger charge is 2.48. The number of ether oxygens (including phenoxy) is 1. The van der Waals surface area contributed by atoms with Gasteiger partial charge in [-0.25, -0.2) is 9.78 Å². The summed E-state index contributed by atoms with van der Waals surface area (Å²) in [5.41, 5.74) is 1.51. The molecule has 2 aliphatic rings. The second-order valence-corrected chi connectivity index (χ2v) is 11.3. The van der Waals surface area contributed by atoms with Gasteiger partial charge in [0, 0.05) is 48.9 Å². The van der Waals surface area contributed by atoms with Crippen molar-refractivity contribution in [3.8, 4) is 5.69 Å². The Morgan fingerprint density at radius 3 is 2.37 bits per heavy atom. The largest absolute Gasteiger partial charge is 0.444 e. The molecule has 2 aliphatic heterocycles. The molecule has 5 rings (SSSR count). The molecule has 1 aromatic carbocycles. The lowest BCUT2D eigenvalue weighted by atomic mass is 9.72. The fraction of sp³-hybridized carbons (Fsp3) is 0.423. The van der Waals surface area contributed by atoms with Crippen LogP contribution in [0.1, 0.15) is 44.1 Å². The van der Waals surface area contributed by atoms with E-state index in [4.69, 9.17) is 27.9 Å². The molecule has 1 spiro atoms. The zero-order chi connectivity index (χ0) is 25.0. The smallest absolute Gasteiger partial charge is 0.410 e. The van der Waals surface area contributed by atoms with Gasteiger partial charge in [-0.2, -0.15) is 0 Å². The topological polar surface area (TPSA) is 67.7 Å². The van der Waals surface area contributed by atoms with E-state index >= 15 is 0 Å². The molecule has 9 heteroatoms. The number of pyridine rings is 1. The number of fused-ring (bicyclic) bond motifs is 1. The van der Waals surface area contributed by atoms with Gasteiger partial charge in [0.1, 0.15) is 16.9 Å². The van der Waals surface area contributed by atoms with Crippen LogP contribution in [0.2, 0.25) is 10.0 Å². The quantitative estimate of drug-likeness (QED) is 0.432. The molecule has 0 bridgehead atoms. The van der Waals surface area contributed by atoms with Crippen molar-refractivity contribution in [3.05, 3.63) is 58.3 Å². The second-order valence-electron chi connectivity index (χ2n) is 10.5. The van der Waals surface area contributed by atoms with Gasteiger partial charge in [0.25, 0.3) is 5.91 Å². The highest BCUT2D eigenvalue weighted by atomic mass is 35.5.